The van der Waals surface area contributed by atoms with Gasteiger partial charge < -0.3 is 10.4 Å². The van der Waals surface area contributed by atoms with Crippen LogP contribution in [0.3, 0.4) is 0 Å². The lowest BCUT2D eigenvalue weighted by molar-refractivity contribution is 0.00888. The van der Waals surface area contributed by atoms with Crippen LogP contribution in [0.5, 0.6) is 0 Å². The number of benzene rings is 1. The van der Waals surface area contributed by atoms with Gasteiger partial charge in [-0.15, -0.1) is 0 Å². The monoisotopic (exact) mass is 261 g/mol. The minimum atomic E-state index is -0.499. The molecule has 2 rings (SSSR count). The summed E-state index contributed by atoms with van der Waals surface area (Å²) in [5.41, 5.74) is 2.41. The molecule has 1 aromatic rings. The van der Waals surface area contributed by atoms with Crippen LogP contribution in [0, 0.1) is 0 Å². The second-order valence-corrected chi connectivity index (χ2v) is 6.95. The Morgan fingerprint density at radius 2 is 1.89 bits per heavy atom. The van der Waals surface area contributed by atoms with E-state index in [0.29, 0.717) is 0 Å². The molecule has 0 saturated carbocycles. The lowest BCUT2D eigenvalue weighted by Gasteiger charge is -2.32. The second kappa shape index (κ2) is 5.64. The van der Waals surface area contributed by atoms with E-state index in [4.69, 9.17) is 0 Å². The number of hydrogen-bond donors (Lipinski definition) is 2. The number of hydrogen-bond acceptors (Lipinski definition) is 2. The second-order valence-electron chi connectivity index (χ2n) is 6.95. The highest BCUT2D eigenvalue weighted by Crippen LogP contribution is 2.25. The Morgan fingerprint density at radius 1 is 1.21 bits per heavy atom. The van der Waals surface area contributed by atoms with Gasteiger partial charge in [0.1, 0.15) is 0 Å². The number of nitrogens with one attached hydrogen (secondary N) is 1. The molecule has 2 N–H and O–H groups in total. The van der Waals surface area contributed by atoms with Gasteiger partial charge in [0.25, 0.3) is 0 Å². The Kier molecular flexibility index (Phi) is 4.32. The van der Waals surface area contributed by atoms with E-state index in [1.807, 2.05) is 0 Å². The molecule has 1 heterocycles. The molecule has 0 amide bonds. The zero-order chi connectivity index (χ0) is 13.9. The van der Waals surface area contributed by atoms with Crippen molar-refractivity contribution < 1.29 is 5.11 Å². The number of aryl methyl sites for hydroxylation is 1. The third-order valence-corrected chi connectivity index (χ3v) is 4.15. The fourth-order valence-electron chi connectivity index (χ4n) is 2.71. The van der Waals surface area contributed by atoms with E-state index in [1.165, 1.54) is 11.1 Å². The molecule has 1 unspecified atom stereocenters. The van der Waals surface area contributed by atoms with Crippen molar-refractivity contribution in [3.05, 3.63) is 35.4 Å². The molecule has 0 spiro atoms. The summed E-state index contributed by atoms with van der Waals surface area (Å²) in [6, 6.07) is 8.86. The molecule has 19 heavy (non-hydrogen) atoms. The predicted octanol–water partition coefficient (Wildman–Crippen LogP) is 3.03. The van der Waals surface area contributed by atoms with Crippen LogP contribution in [0.1, 0.15) is 51.2 Å². The van der Waals surface area contributed by atoms with Crippen molar-refractivity contribution >= 4 is 0 Å². The minimum Gasteiger partial charge on any atom is -0.389 e. The first-order chi connectivity index (χ1) is 8.89. The van der Waals surface area contributed by atoms with Crippen LogP contribution in [0.25, 0.3) is 0 Å². The zero-order valence-corrected chi connectivity index (χ0v) is 12.5. The topological polar surface area (TPSA) is 32.3 Å². The minimum absolute atomic E-state index is 0.212. The van der Waals surface area contributed by atoms with Crippen molar-refractivity contribution in [2.75, 3.05) is 13.1 Å². The first-order valence-corrected chi connectivity index (χ1v) is 7.42. The van der Waals surface area contributed by atoms with Gasteiger partial charge in [-0.1, -0.05) is 45.0 Å². The number of piperidine rings is 1. The van der Waals surface area contributed by atoms with E-state index in [0.717, 1.165) is 38.8 Å². The molecule has 106 valence electrons. The Bertz CT molecular complexity index is 396. The Balaban J connectivity index is 1.93. The van der Waals surface area contributed by atoms with Crippen LogP contribution in [0.15, 0.2) is 24.3 Å². The van der Waals surface area contributed by atoms with Gasteiger partial charge in [-0.25, -0.2) is 0 Å². The highest BCUT2D eigenvalue weighted by Gasteiger charge is 2.28. The lowest BCUT2D eigenvalue weighted by atomic mass is 9.85. The molecule has 1 fully saturated rings. The van der Waals surface area contributed by atoms with Crippen molar-refractivity contribution in [3.8, 4) is 0 Å². The number of β-amino-alcohol motifs (C(OH)–C–C–N with tert-alkyl or cyclic N) is 1. The van der Waals surface area contributed by atoms with Gasteiger partial charge in [0.15, 0.2) is 0 Å². The SMILES string of the molecule is CC(C)(C)c1ccc(CCC2(O)CCCNC2)cc1. The summed E-state index contributed by atoms with van der Waals surface area (Å²) in [6.45, 7) is 8.49. The molecule has 0 bridgehead atoms. The first kappa shape index (κ1) is 14.5. The molecule has 0 radical (unpaired) electrons. The smallest absolute Gasteiger partial charge is 0.0775 e. The summed E-state index contributed by atoms with van der Waals surface area (Å²) >= 11 is 0. The molecule has 2 heteroatoms. The van der Waals surface area contributed by atoms with Crippen molar-refractivity contribution in [1.82, 2.24) is 5.32 Å². The van der Waals surface area contributed by atoms with Gasteiger partial charge >= 0.3 is 0 Å². The fraction of sp³-hybridized carbons (Fsp3) is 0.647. The normalized spacial score (nSPS) is 24.4. The lowest BCUT2D eigenvalue weighted by Crippen LogP contribution is -2.45. The summed E-state index contributed by atoms with van der Waals surface area (Å²) in [4.78, 5) is 0. The van der Waals surface area contributed by atoms with Gasteiger partial charge in [-0.3, -0.25) is 0 Å². The molecule has 1 aliphatic heterocycles. The number of rotatable bonds is 3. The van der Waals surface area contributed by atoms with Crippen molar-refractivity contribution in [3.63, 3.8) is 0 Å². The van der Waals surface area contributed by atoms with E-state index in [-0.39, 0.29) is 5.41 Å². The van der Waals surface area contributed by atoms with Gasteiger partial charge in [0.2, 0.25) is 0 Å². The third kappa shape index (κ3) is 4.05. The largest absolute Gasteiger partial charge is 0.389 e. The molecule has 1 aromatic carbocycles. The summed E-state index contributed by atoms with van der Waals surface area (Å²) in [7, 11) is 0. The fourth-order valence-corrected chi connectivity index (χ4v) is 2.71. The first-order valence-electron chi connectivity index (χ1n) is 7.42. The summed E-state index contributed by atoms with van der Waals surface area (Å²) < 4.78 is 0. The van der Waals surface area contributed by atoms with E-state index in [2.05, 4.69) is 50.4 Å². The van der Waals surface area contributed by atoms with Gasteiger partial charge in [-0.05, 0) is 48.8 Å². The van der Waals surface area contributed by atoms with E-state index in [9.17, 15) is 5.11 Å². The van der Waals surface area contributed by atoms with Crippen LogP contribution in [-0.2, 0) is 11.8 Å². The Hall–Kier alpha value is -0.860. The van der Waals surface area contributed by atoms with Gasteiger partial charge in [0.05, 0.1) is 5.60 Å². The van der Waals surface area contributed by atoms with Crippen LogP contribution < -0.4 is 5.32 Å². The molecular weight excluding hydrogens is 234 g/mol. The average molecular weight is 261 g/mol. The van der Waals surface area contributed by atoms with Crippen LogP contribution in [0.4, 0.5) is 0 Å². The van der Waals surface area contributed by atoms with E-state index < -0.39 is 5.60 Å². The molecule has 2 nitrogen and oxygen atoms in total. The molecule has 1 atom stereocenters. The summed E-state index contributed by atoms with van der Waals surface area (Å²) in [6.07, 6.45) is 3.83. The van der Waals surface area contributed by atoms with Crippen molar-refractivity contribution in [1.29, 1.82) is 0 Å². The van der Waals surface area contributed by atoms with Gasteiger partial charge in [0, 0.05) is 6.54 Å². The maximum atomic E-state index is 10.5. The highest BCUT2D eigenvalue weighted by molar-refractivity contribution is 5.27. The van der Waals surface area contributed by atoms with Crippen LogP contribution in [0.2, 0.25) is 0 Å². The third-order valence-electron chi connectivity index (χ3n) is 4.15. The standard InChI is InChI=1S/C17H27NO/c1-16(2,3)15-7-5-14(6-8-15)9-11-17(19)10-4-12-18-13-17/h5-8,18-19H,4,9-13H2,1-3H3. The van der Waals surface area contributed by atoms with E-state index in [1.54, 1.807) is 0 Å². The molecule has 0 aliphatic carbocycles. The van der Waals surface area contributed by atoms with Crippen molar-refractivity contribution in [2.24, 2.45) is 0 Å². The maximum Gasteiger partial charge on any atom is 0.0775 e. The van der Waals surface area contributed by atoms with Crippen LogP contribution in [-0.4, -0.2) is 23.8 Å². The maximum absolute atomic E-state index is 10.5. The Morgan fingerprint density at radius 3 is 2.42 bits per heavy atom. The van der Waals surface area contributed by atoms with Gasteiger partial charge in [-0.2, -0.15) is 0 Å². The predicted molar refractivity (Wildman–Crippen MR) is 80.5 cm³/mol. The van der Waals surface area contributed by atoms with Crippen molar-refractivity contribution in [2.45, 2.75) is 57.5 Å². The Labute approximate surface area is 117 Å². The zero-order valence-electron chi connectivity index (χ0n) is 12.5. The number of aliphatic hydroxyl groups is 1. The summed E-state index contributed by atoms with van der Waals surface area (Å²) in [5, 5.41) is 13.7. The molecule has 0 aromatic heterocycles. The average Bonchev–Trinajstić information content (AvgIpc) is 2.37. The molecular formula is C17H27NO. The van der Waals surface area contributed by atoms with Crippen LogP contribution >= 0.6 is 0 Å². The molecule has 1 aliphatic rings. The highest BCUT2D eigenvalue weighted by atomic mass is 16.3. The summed E-state index contributed by atoms with van der Waals surface area (Å²) in [5.74, 6) is 0. The quantitative estimate of drug-likeness (QED) is 0.876. The van der Waals surface area contributed by atoms with E-state index >= 15 is 0 Å². The molecule has 1 saturated heterocycles.